The summed E-state index contributed by atoms with van der Waals surface area (Å²) in [5.41, 5.74) is -0.668. The summed E-state index contributed by atoms with van der Waals surface area (Å²) in [5.74, 6) is -0.686. The molecule has 0 aromatic carbocycles. The lowest BCUT2D eigenvalue weighted by Gasteiger charge is -2.39. The van der Waals surface area contributed by atoms with Crippen LogP contribution in [0, 0.1) is 0 Å². The van der Waals surface area contributed by atoms with Gasteiger partial charge in [-0.3, -0.25) is 9.69 Å². The Kier molecular flexibility index (Phi) is 2.95. The van der Waals surface area contributed by atoms with Crippen LogP contribution >= 0.6 is 0 Å². The van der Waals surface area contributed by atoms with Crippen LogP contribution in [0.5, 0.6) is 0 Å². The van der Waals surface area contributed by atoms with Crippen LogP contribution in [0.4, 0.5) is 0 Å². The van der Waals surface area contributed by atoms with E-state index in [-0.39, 0.29) is 0 Å². The molecule has 2 fully saturated rings. The molecule has 0 spiro atoms. The molecule has 1 unspecified atom stereocenters. The molecule has 5 nitrogen and oxygen atoms in total. The van der Waals surface area contributed by atoms with E-state index in [0.717, 1.165) is 26.1 Å². The average Bonchev–Trinajstić information content (AvgIpc) is 2.63. The fourth-order valence-corrected chi connectivity index (χ4v) is 2.54. The summed E-state index contributed by atoms with van der Waals surface area (Å²) in [6, 6.07) is 0. The zero-order valence-corrected chi connectivity index (χ0v) is 9.11. The molecule has 86 valence electrons. The number of rotatable bonds is 2. The number of aliphatic carboxylic acids is 1. The summed E-state index contributed by atoms with van der Waals surface area (Å²) >= 11 is 0. The van der Waals surface area contributed by atoms with Gasteiger partial charge >= 0.3 is 5.97 Å². The zero-order valence-electron chi connectivity index (χ0n) is 9.11. The number of nitrogens with zero attached hydrogens (tertiary/aromatic N) is 2. The Morgan fingerprint density at radius 3 is 2.47 bits per heavy atom. The second-order valence-electron chi connectivity index (χ2n) is 4.42. The first-order chi connectivity index (χ1) is 7.15. The van der Waals surface area contributed by atoms with Crippen LogP contribution < -0.4 is 0 Å². The average molecular weight is 214 g/mol. The van der Waals surface area contributed by atoms with E-state index < -0.39 is 11.5 Å². The summed E-state index contributed by atoms with van der Waals surface area (Å²) in [6.45, 7) is 4.27. The van der Waals surface area contributed by atoms with Gasteiger partial charge in [0.05, 0.1) is 13.2 Å². The van der Waals surface area contributed by atoms with Gasteiger partial charge in [-0.2, -0.15) is 0 Å². The molecule has 0 amide bonds. The second kappa shape index (κ2) is 4.08. The van der Waals surface area contributed by atoms with Crippen LogP contribution in [-0.4, -0.2) is 72.9 Å². The van der Waals surface area contributed by atoms with Crippen LogP contribution in [0.25, 0.3) is 0 Å². The maximum atomic E-state index is 11.5. The minimum absolute atomic E-state index is 0.627. The summed E-state index contributed by atoms with van der Waals surface area (Å²) in [7, 11) is 1.98. The summed E-state index contributed by atoms with van der Waals surface area (Å²) in [5, 5.41) is 9.42. The third-order valence-corrected chi connectivity index (χ3v) is 3.45. The van der Waals surface area contributed by atoms with Gasteiger partial charge in [0.1, 0.15) is 5.54 Å². The van der Waals surface area contributed by atoms with Crippen LogP contribution in [0.15, 0.2) is 0 Å². The summed E-state index contributed by atoms with van der Waals surface area (Å²) in [6.07, 6.45) is 0.721. The number of hydrogen-bond acceptors (Lipinski definition) is 4. The van der Waals surface area contributed by atoms with E-state index in [0.29, 0.717) is 19.8 Å². The van der Waals surface area contributed by atoms with Crippen molar-refractivity contribution in [3.63, 3.8) is 0 Å². The molecule has 0 bridgehead atoms. The highest BCUT2D eigenvalue weighted by Crippen LogP contribution is 2.28. The van der Waals surface area contributed by atoms with Crippen molar-refractivity contribution in [2.75, 3.05) is 46.4 Å². The maximum Gasteiger partial charge on any atom is 0.325 e. The van der Waals surface area contributed by atoms with Gasteiger partial charge in [0.2, 0.25) is 0 Å². The van der Waals surface area contributed by atoms with Crippen molar-refractivity contribution in [1.29, 1.82) is 0 Å². The van der Waals surface area contributed by atoms with Crippen molar-refractivity contribution in [3.8, 4) is 0 Å². The van der Waals surface area contributed by atoms with Gasteiger partial charge in [0.15, 0.2) is 0 Å². The number of carboxylic acid groups (broad SMARTS) is 1. The number of likely N-dealkylation sites (tertiary alicyclic amines) is 1. The Bertz CT molecular complexity index is 253. The lowest BCUT2D eigenvalue weighted by atomic mass is 9.95. The predicted molar refractivity (Wildman–Crippen MR) is 54.9 cm³/mol. The molecular weight excluding hydrogens is 196 g/mol. The molecule has 1 N–H and O–H groups in total. The van der Waals surface area contributed by atoms with E-state index in [2.05, 4.69) is 9.80 Å². The molecule has 15 heavy (non-hydrogen) atoms. The van der Waals surface area contributed by atoms with E-state index in [9.17, 15) is 9.90 Å². The van der Waals surface area contributed by atoms with Crippen LogP contribution in [0.1, 0.15) is 6.42 Å². The number of ether oxygens (including phenoxy) is 1. The van der Waals surface area contributed by atoms with Gasteiger partial charge in [-0.05, 0) is 13.5 Å². The summed E-state index contributed by atoms with van der Waals surface area (Å²) < 4.78 is 5.26. The highest BCUT2D eigenvalue weighted by Gasteiger charge is 2.48. The molecule has 5 heteroatoms. The molecular formula is C10H18N2O3. The molecule has 2 heterocycles. The molecule has 2 aliphatic rings. The molecule has 0 aliphatic carbocycles. The summed E-state index contributed by atoms with van der Waals surface area (Å²) in [4.78, 5) is 15.6. The molecule has 0 radical (unpaired) electrons. The monoisotopic (exact) mass is 214 g/mol. The SMILES string of the molecule is CN1CCC(C(=O)O)(N2CCOCC2)C1. The van der Waals surface area contributed by atoms with Crippen molar-refractivity contribution in [3.05, 3.63) is 0 Å². The minimum atomic E-state index is -0.686. The van der Waals surface area contributed by atoms with E-state index in [1.807, 2.05) is 7.05 Å². The topological polar surface area (TPSA) is 53.0 Å². The Balaban J connectivity index is 2.14. The normalized spacial score (nSPS) is 34.5. The molecule has 2 aliphatic heterocycles. The first-order valence-corrected chi connectivity index (χ1v) is 5.40. The van der Waals surface area contributed by atoms with Crippen molar-refractivity contribution in [2.45, 2.75) is 12.0 Å². The fraction of sp³-hybridized carbons (Fsp3) is 0.900. The fourth-order valence-electron chi connectivity index (χ4n) is 2.54. The third-order valence-electron chi connectivity index (χ3n) is 3.45. The van der Waals surface area contributed by atoms with Crippen LogP contribution in [0.2, 0.25) is 0 Å². The standard InChI is InChI=1S/C10H18N2O3/c1-11-3-2-10(8-11,9(13)14)12-4-6-15-7-5-12/h2-8H2,1H3,(H,13,14). The van der Waals surface area contributed by atoms with Gasteiger partial charge in [0.25, 0.3) is 0 Å². The quantitative estimate of drug-likeness (QED) is 0.670. The van der Waals surface area contributed by atoms with Crippen molar-refractivity contribution < 1.29 is 14.6 Å². The number of hydrogen-bond donors (Lipinski definition) is 1. The van der Waals surface area contributed by atoms with Crippen LogP contribution in [0.3, 0.4) is 0 Å². The Hall–Kier alpha value is -0.650. The Labute approximate surface area is 89.6 Å². The van der Waals surface area contributed by atoms with E-state index in [1.54, 1.807) is 0 Å². The first kappa shape index (κ1) is 10.9. The number of carboxylic acids is 1. The highest BCUT2D eigenvalue weighted by molar-refractivity contribution is 5.79. The maximum absolute atomic E-state index is 11.5. The van der Waals surface area contributed by atoms with Crippen molar-refractivity contribution in [1.82, 2.24) is 9.80 Å². The second-order valence-corrected chi connectivity index (χ2v) is 4.42. The predicted octanol–water partition coefficient (Wildman–Crippen LogP) is -0.522. The largest absolute Gasteiger partial charge is 0.480 e. The Morgan fingerprint density at radius 1 is 1.33 bits per heavy atom. The smallest absolute Gasteiger partial charge is 0.325 e. The van der Waals surface area contributed by atoms with Gasteiger partial charge in [0, 0.05) is 26.2 Å². The molecule has 2 rings (SSSR count). The third kappa shape index (κ3) is 1.87. The van der Waals surface area contributed by atoms with Crippen molar-refractivity contribution in [2.24, 2.45) is 0 Å². The Morgan fingerprint density at radius 2 is 2.00 bits per heavy atom. The molecule has 0 aromatic heterocycles. The number of likely N-dealkylation sites (N-methyl/N-ethyl adjacent to an activating group) is 1. The molecule has 0 aromatic rings. The van der Waals surface area contributed by atoms with E-state index in [1.165, 1.54) is 0 Å². The molecule has 1 atom stereocenters. The van der Waals surface area contributed by atoms with Crippen LogP contribution in [-0.2, 0) is 9.53 Å². The first-order valence-electron chi connectivity index (χ1n) is 5.40. The van der Waals surface area contributed by atoms with Gasteiger partial charge in [-0.15, -0.1) is 0 Å². The lowest BCUT2D eigenvalue weighted by Crippen LogP contribution is -2.59. The van der Waals surface area contributed by atoms with Gasteiger partial charge < -0.3 is 14.7 Å². The van der Waals surface area contributed by atoms with E-state index in [4.69, 9.17) is 4.74 Å². The number of morpholine rings is 1. The van der Waals surface area contributed by atoms with Gasteiger partial charge in [-0.25, -0.2) is 0 Å². The molecule has 0 saturated carbocycles. The molecule has 2 saturated heterocycles. The zero-order chi connectivity index (χ0) is 10.9. The lowest BCUT2D eigenvalue weighted by molar-refractivity contribution is -0.153. The van der Waals surface area contributed by atoms with Gasteiger partial charge in [-0.1, -0.05) is 0 Å². The highest BCUT2D eigenvalue weighted by atomic mass is 16.5. The number of carbonyl (C=O) groups is 1. The van der Waals surface area contributed by atoms with Crippen molar-refractivity contribution >= 4 is 5.97 Å². The van der Waals surface area contributed by atoms with E-state index >= 15 is 0 Å². The minimum Gasteiger partial charge on any atom is -0.480 e.